The van der Waals surface area contributed by atoms with Crippen LogP contribution in [0.1, 0.15) is 57.4 Å². The fourth-order valence-electron chi connectivity index (χ4n) is 4.43. The van der Waals surface area contributed by atoms with Crippen LogP contribution in [0.3, 0.4) is 0 Å². The van der Waals surface area contributed by atoms with Crippen molar-refractivity contribution in [1.82, 2.24) is 4.90 Å². The SMILES string of the molecule is CCOC(Cc1ccc(OCCN(CCCCSc2ccccc2)C(=O)OC2CCCCC2)cc1)C(=O)O. The molecule has 0 aromatic heterocycles. The van der Waals surface area contributed by atoms with Gasteiger partial charge in [-0.15, -0.1) is 11.8 Å². The quantitative estimate of drug-likeness (QED) is 0.193. The molecular formula is C30H41NO6S. The Balaban J connectivity index is 1.46. The van der Waals surface area contributed by atoms with E-state index in [1.165, 1.54) is 11.3 Å². The van der Waals surface area contributed by atoms with Gasteiger partial charge in [-0.3, -0.25) is 0 Å². The van der Waals surface area contributed by atoms with Crippen LogP contribution in [0.25, 0.3) is 0 Å². The third-order valence-electron chi connectivity index (χ3n) is 6.53. The number of rotatable bonds is 16. The maximum atomic E-state index is 13.0. The van der Waals surface area contributed by atoms with Crippen molar-refractivity contribution in [2.45, 2.75) is 75.4 Å². The summed E-state index contributed by atoms with van der Waals surface area (Å²) in [6.45, 7) is 3.57. The molecule has 1 aliphatic carbocycles. The first-order valence-corrected chi connectivity index (χ1v) is 14.7. The minimum atomic E-state index is -0.967. The largest absolute Gasteiger partial charge is 0.492 e. The van der Waals surface area contributed by atoms with E-state index < -0.39 is 12.1 Å². The highest BCUT2D eigenvalue weighted by molar-refractivity contribution is 7.99. The second kappa shape index (κ2) is 17.0. The fraction of sp³-hybridized carbons (Fsp3) is 0.533. The lowest BCUT2D eigenvalue weighted by Crippen LogP contribution is -2.38. The zero-order chi connectivity index (χ0) is 27.0. The van der Waals surface area contributed by atoms with Crippen LogP contribution in [0.15, 0.2) is 59.5 Å². The number of carbonyl (C=O) groups excluding carboxylic acids is 1. The van der Waals surface area contributed by atoms with Crippen LogP contribution in [0.5, 0.6) is 5.75 Å². The Labute approximate surface area is 230 Å². The predicted octanol–water partition coefficient (Wildman–Crippen LogP) is 6.44. The zero-order valence-corrected chi connectivity index (χ0v) is 23.2. The molecule has 1 fully saturated rings. The van der Waals surface area contributed by atoms with E-state index in [9.17, 15) is 14.7 Å². The van der Waals surface area contributed by atoms with Crippen molar-refractivity contribution in [3.8, 4) is 5.75 Å². The molecule has 1 unspecified atom stereocenters. The highest BCUT2D eigenvalue weighted by Crippen LogP contribution is 2.22. The summed E-state index contributed by atoms with van der Waals surface area (Å²) in [4.78, 5) is 27.3. The molecule has 208 valence electrons. The van der Waals surface area contributed by atoms with Gasteiger partial charge in [-0.25, -0.2) is 9.59 Å². The number of amides is 1. The first kappa shape index (κ1) is 29.8. The molecular weight excluding hydrogens is 502 g/mol. The summed E-state index contributed by atoms with van der Waals surface area (Å²) in [6, 6.07) is 17.7. The fourth-order valence-corrected chi connectivity index (χ4v) is 5.37. The normalized spacial score (nSPS) is 14.6. The minimum Gasteiger partial charge on any atom is -0.492 e. The molecule has 1 N–H and O–H groups in total. The molecule has 0 spiro atoms. The topological polar surface area (TPSA) is 85.3 Å². The first-order valence-electron chi connectivity index (χ1n) is 13.7. The number of carbonyl (C=O) groups is 2. The number of benzene rings is 2. The Bertz CT molecular complexity index is 949. The van der Waals surface area contributed by atoms with E-state index in [0.29, 0.717) is 38.5 Å². The maximum Gasteiger partial charge on any atom is 0.410 e. The summed E-state index contributed by atoms with van der Waals surface area (Å²) in [5.41, 5.74) is 0.865. The molecule has 2 aromatic rings. The van der Waals surface area contributed by atoms with Crippen molar-refractivity contribution < 1.29 is 28.9 Å². The summed E-state index contributed by atoms with van der Waals surface area (Å²) in [5.74, 6) is 0.715. The summed E-state index contributed by atoms with van der Waals surface area (Å²) in [5, 5.41) is 9.29. The molecule has 8 heteroatoms. The number of hydrogen-bond donors (Lipinski definition) is 1. The van der Waals surface area contributed by atoms with Gasteiger partial charge < -0.3 is 24.2 Å². The maximum absolute atomic E-state index is 13.0. The predicted molar refractivity (Wildman–Crippen MR) is 150 cm³/mol. The van der Waals surface area contributed by atoms with Gasteiger partial charge in [0.1, 0.15) is 18.5 Å². The van der Waals surface area contributed by atoms with Crippen LogP contribution in [0.4, 0.5) is 4.79 Å². The molecule has 3 rings (SSSR count). The van der Waals surface area contributed by atoms with Crippen molar-refractivity contribution in [2.75, 3.05) is 32.1 Å². The summed E-state index contributed by atoms with van der Waals surface area (Å²) in [7, 11) is 0. The molecule has 0 saturated heterocycles. The molecule has 7 nitrogen and oxygen atoms in total. The van der Waals surface area contributed by atoms with Crippen LogP contribution in [0.2, 0.25) is 0 Å². The molecule has 1 saturated carbocycles. The molecule has 1 atom stereocenters. The lowest BCUT2D eigenvalue weighted by Gasteiger charge is -2.27. The van der Waals surface area contributed by atoms with Crippen molar-refractivity contribution in [1.29, 1.82) is 0 Å². The third kappa shape index (κ3) is 11.0. The van der Waals surface area contributed by atoms with Gasteiger partial charge in [0.15, 0.2) is 6.10 Å². The number of hydrogen-bond acceptors (Lipinski definition) is 6. The number of thioether (sulfide) groups is 1. The molecule has 2 aromatic carbocycles. The van der Waals surface area contributed by atoms with Crippen LogP contribution < -0.4 is 4.74 Å². The Morgan fingerprint density at radius 3 is 2.42 bits per heavy atom. The highest BCUT2D eigenvalue weighted by atomic mass is 32.2. The van der Waals surface area contributed by atoms with E-state index in [4.69, 9.17) is 14.2 Å². The lowest BCUT2D eigenvalue weighted by atomic mass is 9.98. The van der Waals surface area contributed by atoms with Crippen molar-refractivity contribution >= 4 is 23.8 Å². The molecule has 0 aliphatic heterocycles. The molecule has 1 aliphatic rings. The number of unbranched alkanes of at least 4 members (excludes halogenated alkanes) is 1. The second-order valence-corrected chi connectivity index (χ2v) is 10.6. The van der Waals surface area contributed by atoms with Crippen LogP contribution in [-0.2, 0) is 20.7 Å². The number of aliphatic carboxylic acids is 1. The Morgan fingerprint density at radius 2 is 1.74 bits per heavy atom. The van der Waals surface area contributed by atoms with Gasteiger partial charge in [-0.2, -0.15) is 0 Å². The van der Waals surface area contributed by atoms with Crippen LogP contribution in [-0.4, -0.2) is 66.3 Å². The van der Waals surface area contributed by atoms with E-state index in [2.05, 4.69) is 12.1 Å². The number of carboxylic acid groups (broad SMARTS) is 1. The summed E-state index contributed by atoms with van der Waals surface area (Å²) >= 11 is 1.83. The third-order valence-corrected chi connectivity index (χ3v) is 7.63. The molecule has 38 heavy (non-hydrogen) atoms. The Morgan fingerprint density at radius 1 is 1.00 bits per heavy atom. The van der Waals surface area contributed by atoms with Crippen molar-refractivity contribution in [3.05, 3.63) is 60.2 Å². The standard InChI is InChI=1S/C30H41NO6S/c1-2-35-28(29(32)33)23-24-15-17-25(18-16-24)36-21-20-31(30(34)37-26-11-5-3-6-12-26)19-9-10-22-38-27-13-7-4-8-14-27/h4,7-8,13-18,26,28H,2-3,5-6,9-12,19-23H2,1H3,(H,32,33). The molecule has 0 bridgehead atoms. The van der Waals surface area contributed by atoms with Crippen molar-refractivity contribution in [3.63, 3.8) is 0 Å². The van der Waals surface area contributed by atoms with E-state index in [0.717, 1.165) is 49.8 Å². The van der Waals surface area contributed by atoms with Gasteiger partial charge in [-0.05, 0) is 81.0 Å². The lowest BCUT2D eigenvalue weighted by molar-refractivity contribution is -0.149. The van der Waals surface area contributed by atoms with Gasteiger partial charge in [0.05, 0.1) is 6.54 Å². The molecule has 0 heterocycles. The van der Waals surface area contributed by atoms with Gasteiger partial charge in [0, 0.05) is 24.5 Å². The van der Waals surface area contributed by atoms with E-state index in [1.807, 2.05) is 54.2 Å². The monoisotopic (exact) mass is 543 g/mol. The van der Waals surface area contributed by atoms with Gasteiger partial charge >= 0.3 is 12.1 Å². The number of carboxylic acids is 1. The Kier molecular flexibility index (Phi) is 13.3. The highest BCUT2D eigenvalue weighted by Gasteiger charge is 2.22. The smallest absolute Gasteiger partial charge is 0.410 e. The van der Waals surface area contributed by atoms with E-state index in [1.54, 1.807) is 11.8 Å². The van der Waals surface area contributed by atoms with E-state index >= 15 is 0 Å². The van der Waals surface area contributed by atoms with Gasteiger partial charge in [0.2, 0.25) is 0 Å². The molecule has 0 radical (unpaired) electrons. The minimum absolute atomic E-state index is 0.0205. The van der Waals surface area contributed by atoms with E-state index in [-0.39, 0.29) is 12.2 Å². The number of ether oxygens (including phenoxy) is 3. The summed E-state index contributed by atoms with van der Waals surface area (Å²) in [6.07, 6.45) is 6.46. The van der Waals surface area contributed by atoms with Crippen LogP contribution in [0, 0.1) is 0 Å². The van der Waals surface area contributed by atoms with Gasteiger partial charge in [-0.1, -0.05) is 36.8 Å². The summed E-state index contributed by atoms with van der Waals surface area (Å²) < 4.78 is 17.1. The Hall–Kier alpha value is -2.71. The van der Waals surface area contributed by atoms with Crippen molar-refractivity contribution in [2.24, 2.45) is 0 Å². The first-order chi connectivity index (χ1) is 18.5. The van der Waals surface area contributed by atoms with Crippen LogP contribution >= 0.6 is 11.8 Å². The number of nitrogens with zero attached hydrogens (tertiary/aromatic N) is 1. The second-order valence-electron chi connectivity index (χ2n) is 9.48. The van der Waals surface area contributed by atoms with Gasteiger partial charge in [0.25, 0.3) is 0 Å². The average Bonchev–Trinajstić information content (AvgIpc) is 2.93. The average molecular weight is 544 g/mol. The molecule has 1 amide bonds. The zero-order valence-electron chi connectivity index (χ0n) is 22.4.